The van der Waals surface area contributed by atoms with Crippen LogP contribution in [-0.4, -0.2) is 20.2 Å². The quantitative estimate of drug-likeness (QED) is 0.555. The normalized spacial score (nSPS) is 19.0. The molecule has 1 aliphatic rings. The smallest absolute Gasteiger partial charge is 0.276 e. The molecule has 0 radical (unpaired) electrons. The minimum absolute atomic E-state index is 0.0676. The minimum atomic E-state index is -0.0676. The first-order valence-corrected chi connectivity index (χ1v) is 10.8. The number of hydrogen-bond donors (Lipinski definition) is 1. The number of pyridine rings is 1. The van der Waals surface area contributed by atoms with Crippen molar-refractivity contribution in [1.29, 1.82) is 5.26 Å². The maximum atomic E-state index is 13.5. The lowest BCUT2D eigenvalue weighted by Crippen LogP contribution is -2.28. The Morgan fingerprint density at radius 3 is 2.74 bits per heavy atom. The number of para-hydroxylation sites is 1. The predicted octanol–water partition coefficient (Wildman–Crippen LogP) is 3.79. The highest BCUT2D eigenvalue weighted by Crippen LogP contribution is 2.35. The van der Waals surface area contributed by atoms with Crippen molar-refractivity contribution >= 4 is 21.9 Å². The molecular weight excluding hydrogens is 386 g/mol. The number of fused-ring (bicyclic) bond motifs is 3. The number of nitrogens with zero attached hydrogens (tertiary/aromatic N) is 4. The van der Waals surface area contributed by atoms with E-state index in [2.05, 4.69) is 6.07 Å². The van der Waals surface area contributed by atoms with E-state index in [0.29, 0.717) is 17.6 Å². The van der Waals surface area contributed by atoms with Gasteiger partial charge in [0.05, 0.1) is 23.7 Å². The van der Waals surface area contributed by atoms with E-state index in [1.807, 2.05) is 53.1 Å². The summed E-state index contributed by atoms with van der Waals surface area (Å²) in [6.45, 7) is 0.439. The molecule has 5 rings (SSSR count). The van der Waals surface area contributed by atoms with E-state index in [1.165, 1.54) is 0 Å². The molecule has 6 nitrogen and oxygen atoms in total. The molecule has 6 heteroatoms. The predicted molar refractivity (Wildman–Crippen MR) is 122 cm³/mol. The highest BCUT2D eigenvalue weighted by molar-refractivity contribution is 6.02. The molecular formula is C25H25N5O. The van der Waals surface area contributed by atoms with Crippen LogP contribution in [0.4, 0.5) is 0 Å². The third-order valence-electron chi connectivity index (χ3n) is 6.57. The molecule has 0 aliphatic heterocycles. The van der Waals surface area contributed by atoms with Crippen molar-refractivity contribution < 1.29 is 0 Å². The van der Waals surface area contributed by atoms with Gasteiger partial charge in [0.2, 0.25) is 0 Å². The molecule has 0 spiro atoms. The van der Waals surface area contributed by atoms with E-state index in [-0.39, 0.29) is 17.5 Å². The fourth-order valence-electron chi connectivity index (χ4n) is 4.98. The van der Waals surface area contributed by atoms with Crippen LogP contribution in [0.25, 0.3) is 21.9 Å². The van der Waals surface area contributed by atoms with Gasteiger partial charge in [-0.15, -0.1) is 0 Å². The molecule has 1 unspecified atom stereocenters. The first-order chi connectivity index (χ1) is 15.1. The third-order valence-corrected chi connectivity index (χ3v) is 6.57. The Balaban J connectivity index is 1.81. The summed E-state index contributed by atoms with van der Waals surface area (Å²) < 4.78 is 3.74. The monoisotopic (exact) mass is 411 g/mol. The summed E-state index contributed by atoms with van der Waals surface area (Å²) in [5, 5.41) is 10.6. The molecule has 0 bridgehead atoms. The average molecular weight is 412 g/mol. The largest absolute Gasteiger partial charge is 0.328 e. The van der Waals surface area contributed by atoms with Crippen molar-refractivity contribution in [3.8, 4) is 6.07 Å². The Morgan fingerprint density at radius 1 is 1.16 bits per heavy atom. The van der Waals surface area contributed by atoms with E-state index in [9.17, 15) is 10.1 Å². The summed E-state index contributed by atoms with van der Waals surface area (Å²) in [6, 6.07) is 17.9. The van der Waals surface area contributed by atoms with Crippen LogP contribution in [0.3, 0.4) is 0 Å². The van der Waals surface area contributed by atoms with Gasteiger partial charge in [-0.1, -0.05) is 42.8 Å². The molecule has 2 aromatic heterocycles. The summed E-state index contributed by atoms with van der Waals surface area (Å²) in [5.74, 6) is 1.11. The second-order valence-electron chi connectivity index (χ2n) is 8.53. The molecule has 31 heavy (non-hydrogen) atoms. The second kappa shape index (κ2) is 7.68. The van der Waals surface area contributed by atoms with Crippen LogP contribution in [0.15, 0.2) is 53.3 Å². The first kappa shape index (κ1) is 19.5. The number of aromatic nitrogens is 3. The van der Waals surface area contributed by atoms with Crippen molar-refractivity contribution in [3.05, 3.63) is 75.8 Å². The maximum absolute atomic E-state index is 13.5. The highest BCUT2D eigenvalue weighted by Gasteiger charge is 2.28. The second-order valence-corrected chi connectivity index (χ2v) is 8.53. The Hall–Kier alpha value is -3.43. The zero-order chi connectivity index (χ0) is 21.5. The lowest BCUT2D eigenvalue weighted by Gasteiger charge is -2.26. The van der Waals surface area contributed by atoms with Gasteiger partial charge in [0.15, 0.2) is 0 Å². The van der Waals surface area contributed by atoms with Crippen molar-refractivity contribution in [2.75, 3.05) is 0 Å². The summed E-state index contributed by atoms with van der Waals surface area (Å²) in [4.78, 5) is 18.5. The van der Waals surface area contributed by atoms with Crippen molar-refractivity contribution in [1.82, 2.24) is 14.1 Å². The third kappa shape index (κ3) is 3.22. The zero-order valence-corrected chi connectivity index (χ0v) is 17.6. The maximum Gasteiger partial charge on any atom is 0.276 e. The molecule has 2 aromatic carbocycles. The van der Waals surface area contributed by atoms with Crippen LogP contribution in [0, 0.1) is 11.3 Å². The van der Waals surface area contributed by atoms with Crippen LogP contribution in [0.1, 0.15) is 48.6 Å². The fraction of sp³-hybridized carbons (Fsp3) is 0.320. The van der Waals surface area contributed by atoms with Crippen LogP contribution < -0.4 is 11.3 Å². The fourth-order valence-corrected chi connectivity index (χ4v) is 4.98. The zero-order valence-electron chi connectivity index (χ0n) is 17.6. The van der Waals surface area contributed by atoms with Gasteiger partial charge in [-0.25, -0.2) is 4.98 Å². The van der Waals surface area contributed by atoms with E-state index < -0.39 is 0 Å². The van der Waals surface area contributed by atoms with E-state index >= 15 is 0 Å². The molecule has 2 heterocycles. The minimum Gasteiger partial charge on any atom is -0.328 e. The Bertz CT molecular complexity index is 1390. The Labute approximate surface area is 180 Å². The standard InChI is InChI=1S/C25H25N5O/c1-29-21-12-5-4-11-20(21)22-23(25(29)31)30(15-18-8-3-2-7-17(18)14-26)24(28-22)16-9-6-10-19(27)13-16/h2-5,7-8,11-12,16,19H,6,9-10,13,15,27H2,1H3/t16?,19-/m1/s1. The summed E-state index contributed by atoms with van der Waals surface area (Å²) in [6.07, 6.45) is 3.96. The van der Waals surface area contributed by atoms with Crippen LogP contribution in [-0.2, 0) is 13.6 Å². The van der Waals surface area contributed by atoms with Crippen molar-refractivity contribution in [3.63, 3.8) is 0 Å². The van der Waals surface area contributed by atoms with E-state index in [4.69, 9.17) is 10.7 Å². The molecule has 1 aliphatic carbocycles. The van der Waals surface area contributed by atoms with Gasteiger partial charge in [-0.2, -0.15) is 5.26 Å². The van der Waals surface area contributed by atoms with E-state index in [0.717, 1.165) is 53.5 Å². The van der Waals surface area contributed by atoms with E-state index in [1.54, 1.807) is 11.6 Å². The van der Waals surface area contributed by atoms with Crippen LogP contribution >= 0.6 is 0 Å². The molecule has 2 atom stereocenters. The number of nitriles is 1. The van der Waals surface area contributed by atoms with Gasteiger partial charge >= 0.3 is 0 Å². The average Bonchev–Trinajstić information content (AvgIpc) is 3.17. The van der Waals surface area contributed by atoms with Gasteiger partial charge in [-0.3, -0.25) is 4.79 Å². The van der Waals surface area contributed by atoms with Crippen LogP contribution in [0.5, 0.6) is 0 Å². The highest BCUT2D eigenvalue weighted by atomic mass is 16.1. The number of hydrogen-bond acceptors (Lipinski definition) is 4. The Kier molecular flexibility index (Phi) is 4.84. The SMILES string of the molecule is Cn1c(=O)c2c(nc(C3CCC[C@@H](N)C3)n2Cc2ccccc2C#N)c2ccccc21. The van der Waals surface area contributed by atoms with Gasteiger partial charge in [0.1, 0.15) is 16.9 Å². The molecule has 1 saturated carbocycles. The molecule has 1 fully saturated rings. The van der Waals surface area contributed by atoms with Gasteiger partial charge in [0, 0.05) is 24.4 Å². The number of imidazole rings is 1. The Morgan fingerprint density at radius 2 is 1.94 bits per heavy atom. The molecule has 156 valence electrons. The van der Waals surface area contributed by atoms with Gasteiger partial charge < -0.3 is 14.9 Å². The molecule has 0 amide bonds. The number of benzene rings is 2. The lowest BCUT2D eigenvalue weighted by atomic mass is 9.85. The summed E-state index contributed by atoms with van der Waals surface area (Å²) in [5.41, 5.74) is 9.95. The molecule has 2 N–H and O–H groups in total. The lowest BCUT2D eigenvalue weighted by molar-refractivity contribution is 0.376. The van der Waals surface area contributed by atoms with Gasteiger partial charge in [0.25, 0.3) is 5.56 Å². The molecule has 0 saturated heterocycles. The first-order valence-electron chi connectivity index (χ1n) is 10.8. The van der Waals surface area contributed by atoms with Crippen LogP contribution in [0.2, 0.25) is 0 Å². The topological polar surface area (TPSA) is 89.6 Å². The summed E-state index contributed by atoms with van der Waals surface area (Å²) in [7, 11) is 1.81. The summed E-state index contributed by atoms with van der Waals surface area (Å²) >= 11 is 0. The number of aryl methyl sites for hydroxylation is 1. The van der Waals surface area contributed by atoms with Gasteiger partial charge in [-0.05, 0) is 37.0 Å². The number of nitrogens with two attached hydrogens (primary N) is 1. The van der Waals surface area contributed by atoms with Crippen molar-refractivity contribution in [2.45, 2.75) is 44.2 Å². The number of rotatable bonds is 3. The molecule has 4 aromatic rings. The van der Waals surface area contributed by atoms with Crippen molar-refractivity contribution in [2.24, 2.45) is 12.8 Å².